The fourth-order valence-electron chi connectivity index (χ4n) is 3.26. The van der Waals surface area contributed by atoms with Crippen molar-refractivity contribution in [2.24, 2.45) is 5.92 Å². The molecular formula is C22H23NO5S. The molecule has 0 aliphatic carbocycles. The number of ether oxygens (including phenoxy) is 1. The molecule has 0 spiro atoms. The minimum atomic E-state index is -0.999. The smallest absolute Gasteiger partial charge is 0.344 e. The number of allylic oxidation sites excluding steroid dienone is 1. The number of hydrogen-bond acceptors (Lipinski definition) is 5. The van der Waals surface area contributed by atoms with Crippen molar-refractivity contribution < 1.29 is 24.2 Å². The molecular weight excluding hydrogens is 390 g/mol. The van der Waals surface area contributed by atoms with Crippen LogP contribution in [0.4, 0.5) is 4.79 Å². The van der Waals surface area contributed by atoms with Crippen molar-refractivity contribution in [2.75, 3.05) is 0 Å². The van der Waals surface area contributed by atoms with Gasteiger partial charge in [-0.25, -0.2) is 4.79 Å². The normalized spacial score (nSPS) is 17.3. The van der Waals surface area contributed by atoms with Crippen molar-refractivity contribution in [2.45, 2.75) is 38.7 Å². The van der Waals surface area contributed by atoms with Crippen LogP contribution in [-0.2, 0) is 9.59 Å². The van der Waals surface area contributed by atoms with Gasteiger partial charge < -0.3 is 9.84 Å². The van der Waals surface area contributed by atoms with E-state index in [1.807, 2.05) is 49.4 Å². The Morgan fingerprint density at radius 2 is 1.93 bits per heavy atom. The van der Waals surface area contributed by atoms with Gasteiger partial charge in [-0.3, -0.25) is 14.9 Å². The van der Waals surface area contributed by atoms with Crippen LogP contribution in [0.15, 0.2) is 53.4 Å². The third kappa shape index (κ3) is 5.60. The maximum Gasteiger partial charge on any atom is 0.344 e. The van der Waals surface area contributed by atoms with E-state index >= 15 is 0 Å². The minimum absolute atomic E-state index is 0.101. The van der Waals surface area contributed by atoms with E-state index < -0.39 is 12.1 Å². The first kappa shape index (κ1) is 20.9. The summed E-state index contributed by atoms with van der Waals surface area (Å²) in [7, 11) is 0. The molecule has 7 heteroatoms. The van der Waals surface area contributed by atoms with Crippen LogP contribution in [0.1, 0.15) is 32.6 Å². The lowest BCUT2D eigenvalue weighted by Crippen LogP contribution is -2.27. The number of thioether (sulfide) groups is 1. The summed E-state index contributed by atoms with van der Waals surface area (Å²) in [5.74, 6) is -0.727. The molecule has 0 radical (unpaired) electrons. The summed E-state index contributed by atoms with van der Waals surface area (Å²) in [6.45, 7) is 2.00. The predicted octanol–water partition coefficient (Wildman–Crippen LogP) is 4.74. The number of hydrogen-bond donors (Lipinski definition) is 2. The molecule has 1 fully saturated rings. The maximum absolute atomic E-state index is 11.7. The quantitative estimate of drug-likeness (QED) is 0.577. The van der Waals surface area contributed by atoms with Crippen molar-refractivity contribution >= 4 is 39.7 Å². The van der Waals surface area contributed by atoms with Gasteiger partial charge in [-0.15, -0.1) is 0 Å². The Morgan fingerprint density at radius 3 is 2.59 bits per heavy atom. The molecule has 2 amide bonds. The highest BCUT2D eigenvalue weighted by Gasteiger charge is 2.26. The van der Waals surface area contributed by atoms with Gasteiger partial charge in [0.05, 0.1) is 4.91 Å². The Bertz CT molecular complexity index is 955. The van der Waals surface area contributed by atoms with Crippen LogP contribution >= 0.6 is 11.8 Å². The Balaban J connectivity index is 1.58. The summed E-state index contributed by atoms with van der Waals surface area (Å²) < 4.78 is 5.74. The minimum Gasteiger partial charge on any atom is -0.479 e. The van der Waals surface area contributed by atoms with E-state index in [1.54, 1.807) is 6.07 Å². The number of imide groups is 1. The zero-order valence-electron chi connectivity index (χ0n) is 16.1. The average Bonchev–Trinajstić information content (AvgIpc) is 3.02. The summed E-state index contributed by atoms with van der Waals surface area (Å²) in [5.41, 5.74) is 0. The van der Waals surface area contributed by atoms with Crippen LogP contribution in [0, 0.1) is 5.92 Å². The van der Waals surface area contributed by atoms with Gasteiger partial charge in [0.2, 0.25) is 0 Å². The molecule has 0 aromatic heterocycles. The molecule has 2 atom stereocenters. The van der Waals surface area contributed by atoms with Gasteiger partial charge in [0.1, 0.15) is 5.75 Å². The van der Waals surface area contributed by atoms with E-state index in [-0.39, 0.29) is 17.1 Å². The van der Waals surface area contributed by atoms with E-state index in [9.17, 15) is 19.5 Å². The van der Waals surface area contributed by atoms with Crippen LogP contribution in [0.2, 0.25) is 0 Å². The number of amides is 2. The first-order valence-corrected chi connectivity index (χ1v) is 10.4. The van der Waals surface area contributed by atoms with E-state index in [0.717, 1.165) is 29.0 Å². The first-order chi connectivity index (χ1) is 14.0. The van der Waals surface area contributed by atoms with Crippen molar-refractivity contribution in [1.82, 2.24) is 5.32 Å². The second-order valence-corrected chi connectivity index (χ2v) is 7.94. The van der Waals surface area contributed by atoms with E-state index in [2.05, 4.69) is 5.32 Å². The van der Waals surface area contributed by atoms with Crippen molar-refractivity contribution in [3.63, 3.8) is 0 Å². The van der Waals surface area contributed by atoms with Crippen molar-refractivity contribution in [3.8, 4) is 5.75 Å². The lowest BCUT2D eigenvalue weighted by Gasteiger charge is -2.17. The number of carbonyl (C=O) groups excluding carboxylic acids is 2. The fraction of sp³-hybridized carbons (Fsp3) is 0.318. The highest BCUT2D eigenvalue weighted by molar-refractivity contribution is 8.18. The van der Waals surface area contributed by atoms with Crippen LogP contribution in [0.3, 0.4) is 0 Å². The zero-order valence-corrected chi connectivity index (χ0v) is 16.9. The lowest BCUT2D eigenvalue weighted by atomic mass is 9.97. The first-order valence-electron chi connectivity index (χ1n) is 9.59. The maximum atomic E-state index is 11.7. The average molecular weight is 413 g/mol. The molecule has 2 N–H and O–H groups in total. The standard InChI is InChI=1S/C22H23NO5S/c1-2-14(12-19-20(24)23-22(27)29-19)6-5-9-18(21(25)26)28-17-11-10-15-7-3-4-8-16(15)13-17/h3-4,7-8,10-14,18H,2,5-6,9H2,1H3,(H,25,26)(H,23,24,27). The van der Waals surface area contributed by atoms with Gasteiger partial charge in [-0.05, 0) is 66.3 Å². The molecule has 152 valence electrons. The summed E-state index contributed by atoms with van der Waals surface area (Å²) >= 11 is 0.907. The Labute approximate surface area is 173 Å². The number of rotatable bonds is 9. The third-order valence-electron chi connectivity index (χ3n) is 4.87. The van der Waals surface area contributed by atoms with Gasteiger partial charge >= 0.3 is 5.97 Å². The van der Waals surface area contributed by atoms with Gasteiger partial charge in [-0.1, -0.05) is 43.3 Å². The summed E-state index contributed by atoms with van der Waals surface area (Å²) in [6.07, 6.45) is 3.38. The summed E-state index contributed by atoms with van der Waals surface area (Å²) in [6, 6.07) is 13.4. The molecule has 3 rings (SSSR count). The molecule has 2 aromatic rings. The molecule has 6 nitrogen and oxygen atoms in total. The van der Waals surface area contributed by atoms with E-state index in [0.29, 0.717) is 29.9 Å². The SMILES string of the molecule is CCC(C=C1SC(=O)NC1=O)CCCC(Oc1ccc2ccccc2c1)C(=O)O. The third-order valence-corrected chi connectivity index (χ3v) is 5.70. The molecule has 0 bridgehead atoms. The molecule has 2 aromatic carbocycles. The Kier molecular flexibility index (Phi) is 6.93. The largest absolute Gasteiger partial charge is 0.479 e. The number of nitrogens with one attached hydrogen (secondary N) is 1. The second kappa shape index (κ2) is 9.60. The molecule has 0 saturated carbocycles. The number of carboxylic acids is 1. The van der Waals surface area contributed by atoms with Crippen molar-refractivity contribution in [3.05, 3.63) is 53.4 Å². The lowest BCUT2D eigenvalue weighted by molar-refractivity contribution is -0.145. The predicted molar refractivity (Wildman–Crippen MR) is 113 cm³/mol. The monoisotopic (exact) mass is 413 g/mol. The van der Waals surface area contributed by atoms with Gasteiger partial charge in [0.15, 0.2) is 6.10 Å². The van der Waals surface area contributed by atoms with Crippen LogP contribution < -0.4 is 10.1 Å². The Hall–Kier alpha value is -2.80. The van der Waals surface area contributed by atoms with Crippen LogP contribution in [0.25, 0.3) is 10.8 Å². The van der Waals surface area contributed by atoms with Gasteiger partial charge in [-0.2, -0.15) is 0 Å². The fourth-order valence-corrected chi connectivity index (χ4v) is 4.01. The zero-order chi connectivity index (χ0) is 20.8. The number of carboxylic acid groups (broad SMARTS) is 1. The summed E-state index contributed by atoms with van der Waals surface area (Å²) in [4.78, 5) is 35.0. The molecule has 1 aliphatic heterocycles. The summed E-state index contributed by atoms with van der Waals surface area (Å²) in [5, 5.41) is 13.5. The van der Waals surface area contributed by atoms with Crippen LogP contribution in [-0.4, -0.2) is 28.3 Å². The number of aliphatic carboxylic acids is 1. The number of benzene rings is 2. The van der Waals surface area contributed by atoms with E-state index in [1.165, 1.54) is 0 Å². The molecule has 2 unspecified atom stereocenters. The topological polar surface area (TPSA) is 92.7 Å². The Morgan fingerprint density at radius 1 is 1.17 bits per heavy atom. The van der Waals surface area contributed by atoms with E-state index in [4.69, 9.17) is 4.74 Å². The molecule has 29 heavy (non-hydrogen) atoms. The molecule has 1 heterocycles. The molecule has 1 aliphatic rings. The number of carbonyl (C=O) groups is 3. The molecule has 1 saturated heterocycles. The number of fused-ring (bicyclic) bond motifs is 1. The highest BCUT2D eigenvalue weighted by Crippen LogP contribution is 2.28. The second-order valence-electron chi connectivity index (χ2n) is 6.93. The van der Waals surface area contributed by atoms with Gasteiger partial charge in [0, 0.05) is 0 Å². The van der Waals surface area contributed by atoms with Crippen molar-refractivity contribution in [1.29, 1.82) is 0 Å². The van der Waals surface area contributed by atoms with Crippen LogP contribution in [0.5, 0.6) is 5.75 Å². The highest BCUT2D eigenvalue weighted by atomic mass is 32.2. The van der Waals surface area contributed by atoms with Gasteiger partial charge in [0.25, 0.3) is 11.1 Å².